The Morgan fingerprint density at radius 3 is 2.55 bits per heavy atom. The summed E-state index contributed by atoms with van der Waals surface area (Å²) >= 11 is 0. The molecule has 1 saturated heterocycles. The predicted octanol–water partition coefficient (Wildman–Crippen LogP) is 3.71. The summed E-state index contributed by atoms with van der Waals surface area (Å²) in [6.45, 7) is 0.481. The summed E-state index contributed by atoms with van der Waals surface area (Å²) in [6, 6.07) is 9.93. The van der Waals surface area contributed by atoms with Gasteiger partial charge in [0.05, 0.1) is 5.56 Å². The largest absolute Gasteiger partial charge is 0.507 e. The Morgan fingerprint density at radius 1 is 1.14 bits per heavy atom. The van der Waals surface area contributed by atoms with E-state index in [0.29, 0.717) is 35.6 Å². The Hall–Kier alpha value is -3.36. The van der Waals surface area contributed by atoms with E-state index in [4.69, 9.17) is 0 Å². The quantitative estimate of drug-likeness (QED) is 0.619. The van der Waals surface area contributed by atoms with Crippen molar-refractivity contribution >= 4 is 22.5 Å². The van der Waals surface area contributed by atoms with Crippen molar-refractivity contribution in [2.24, 2.45) is 0 Å². The van der Waals surface area contributed by atoms with E-state index in [0.717, 1.165) is 12.5 Å². The van der Waals surface area contributed by atoms with Crippen molar-refractivity contribution in [3.63, 3.8) is 0 Å². The van der Waals surface area contributed by atoms with Crippen LogP contribution in [0.1, 0.15) is 18.4 Å². The predicted molar refractivity (Wildman–Crippen MR) is 101 cm³/mol. The smallest absolute Gasteiger partial charge is 0.416 e. The number of nitrogens with zero attached hydrogens (tertiary/aromatic N) is 2. The fourth-order valence-electron chi connectivity index (χ4n) is 3.39. The second kappa shape index (κ2) is 7.23. The van der Waals surface area contributed by atoms with E-state index in [1.807, 2.05) is 12.1 Å². The first kappa shape index (κ1) is 19.0. The van der Waals surface area contributed by atoms with Gasteiger partial charge < -0.3 is 15.7 Å². The average molecular weight is 402 g/mol. The number of hydrogen-bond donors (Lipinski definition) is 3. The first-order valence-corrected chi connectivity index (χ1v) is 9.02. The van der Waals surface area contributed by atoms with E-state index in [9.17, 15) is 23.1 Å². The van der Waals surface area contributed by atoms with Gasteiger partial charge in [-0.25, -0.2) is 0 Å². The number of anilines is 1. The number of benzene rings is 2. The number of alkyl halides is 3. The number of aromatic nitrogens is 2. The van der Waals surface area contributed by atoms with Crippen molar-refractivity contribution in [2.75, 3.05) is 11.9 Å². The highest BCUT2D eigenvalue weighted by molar-refractivity contribution is 6.00. The van der Waals surface area contributed by atoms with E-state index in [-0.39, 0.29) is 23.2 Å². The van der Waals surface area contributed by atoms with Gasteiger partial charge in [-0.15, -0.1) is 10.2 Å². The number of carbonyl (C=O) groups excluding carboxylic acids is 1. The molecule has 2 heterocycles. The monoisotopic (exact) mass is 402 g/mol. The van der Waals surface area contributed by atoms with Crippen LogP contribution in [0.2, 0.25) is 0 Å². The fourth-order valence-corrected chi connectivity index (χ4v) is 3.39. The van der Waals surface area contributed by atoms with Gasteiger partial charge in [0, 0.05) is 35.3 Å². The molecule has 1 fully saturated rings. The average Bonchev–Trinajstić information content (AvgIpc) is 3.11. The SMILES string of the molecule is O=C1CCC(CNc2nnc(-c3ccc(C(F)(F)F)cc3O)c3ccccc23)N1. The highest BCUT2D eigenvalue weighted by Gasteiger charge is 2.31. The van der Waals surface area contributed by atoms with Gasteiger partial charge in [-0.2, -0.15) is 13.2 Å². The molecule has 2 aromatic carbocycles. The lowest BCUT2D eigenvalue weighted by molar-refractivity contribution is -0.137. The highest BCUT2D eigenvalue weighted by atomic mass is 19.4. The van der Waals surface area contributed by atoms with Gasteiger partial charge in [0.25, 0.3) is 0 Å². The number of phenols is 1. The van der Waals surface area contributed by atoms with Crippen LogP contribution in [0.25, 0.3) is 22.0 Å². The molecule has 3 N–H and O–H groups in total. The number of nitrogens with one attached hydrogen (secondary N) is 2. The summed E-state index contributed by atoms with van der Waals surface area (Å²) < 4.78 is 38.6. The first-order valence-electron chi connectivity index (χ1n) is 9.02. The van der Waals surface area contributed by atoms with Crippen molar-refractivity contribution in [3.05, 3.63) is 48.0 Å². The van der Waals surface area contributed by atoms with Gasteiger partial charge in [0.2, 0.25) is 5.91 Å². The highest BCUT2D eigenvalue weighted by Crippen LogP contribution is 2.38. The summed E-state index contributed by atoms with van der Waals surface area (Å²) in [6.07, 6.45) is -3.33. The Kier molecular flexibility index (Phi) is 4.73. The van der Waals surface area contributed by atoms with Crippen molar-refractivity contribution in [1.29, 1.82) is 0 Å². The summed E-state index contributed by atoms with van der Waals surface area (Å²) in [7, 11) is 0. The van der Waals surface area contributed by atoms with E-state index in [2.05, 4.69) is 20.8 Å². The van der Waals surface area contributed by atoms with Crippen molar-refractivity contribution in [1.82, 2.24) is 15.5 Å². The zero-order valence-corrected chi connectivity index (χ0v) is 15.1. The number of aromatic hydroxyl groups is 1. The number of amides is 1. The van der Waals surface area contributed by atoms with E-state index < -0.39 is 17.5 Å². The summed E-state index contributed by atoms with van der Waals surface area (Å²) in [5, 5.41) is 25.9. The third kappa shape index (κ3) is 3.80. The molecule has 1 atom stereocenters. The van der Waals surface area contributed by atoms with Crippen molar-refractivity contribution < 1.29 is 23.1 Å². The molecule has 0 aliphatic carbocycles. The van der Waals surface area contributed by atoms with Crippen LogP contribution in [0.5, 0.6) is 5.75 Å². The molecule has 6 nitrogen and oxygen atoms in total. The molecular formula is C20H17F3N4O2. The van der Waals surface area contributed by atoms with Gasteiger partial charge in [-0.3, -0.25) is 4.79 Å². The molecule has 0 bridgehead atoms. The second-order valence-corrected chi connectivity index (χ2v) is 6.86. The Labute approximate surface area is 163 Å². The summed E-state index contributed by atoms with van der Waals surface area (Å²) in [5.74, 6) is -0.00794. The second-order valence-electron chi connectivity index (χ2n) is 6.86. The van der Waals surface area contributed by atoms with Crippen LogP contribution >= 0.6 is 0 Å². The lowest BCUT2D eigenvalue weighted by Gasteiger charge is -2.15. The van der Waals surface area contributed by atoms with Crippen LogP contribution in [0.4, 0.5) is 19.0 Å². The lowest BCUT2D eigenvalue weighted by Crippen LogP contribution is -2.32. The molecule has 29 heavy (non-hydrogen) atoms. The van der Waals surface area contributed by atoms with Gasteiger partial charge in [-0.1, -0.05) is 24.3 Å². The van der Waals surface area contributed by atoms with Crippen LogP contribution in [0.15, 0.2) is 42.5 Å². The Bertz CT molecular complexity index is 1080. The van der Waals surface area contributed by atoms with Crippen LogP contribution in [-0.4, -0.2) is 33.8 Å². The minimum Gasteiger partial charge on any atom is -0.507 e. The zero-order valence-electron chi connectivity index (χ0n) is 15.1. The standard InChI is InChI=1S/C20H17F3N4O2/c21-20(22,23)11-5-7-15(16(28)9-11)18-13-3-1-2-4-14(13)19(27-26-18)24-10-12-6-8-17(29)25-12/h1-5,7,9,12,28H,6,8,10H2,(H,24,27)(H,25,29). The molecular weight excluding hydrogens is 385 g/mol. The van der Waals surface area contributed by atoms with Crippen LogP contribution in [-0.2, 0) is 11.0 Å². The third-order valence-corrected chi connectivity index (χ3v) is 4.87. The van der Waals surface area contributed by atoms with Gasteiger partial charge in [-0.05, 0) is 24.6 Å². The van der Waals surface area contributed by atoms with Crippen molar-refractivity contribution in [2.45, 2.75) is 25.1 Å². The first-order chi connectivity index (χ1) is 13.8. The van der Waals surface area contributed by atoms with E-state index in [1.54, 1.807) is 12.1 Å². The molecule has 1 aliphatic rings. The molecule has 0 spiro atoms. The number of rotatable bonds is 4. The lowest BCUT2D eigenvalue weighted by atomic mass is 10.0. The van der Waals surface area contributed by atoms with Gasteiger partial charge in [0.15, 0.2) is 5.82 Å². The molecule has 1 amide bonds. The maximum atomic E-state index is 12.9. The zero-order chi connectivity index (χ0) is 20.6. The normalized spacial score (nSPS) is 16.8. The minimum atomic E-state index is -4.55. The number of phenolic OH excluding ortho intramolecular Hbond substituents is 1. The van der Waals surface area contributed by atoms with Crippen molar-refractivity contribution in [3.8, 4) is 17.0 Å². The van der Waals surface area contributed by atoms with Gasteiger partial charge in [0.1, 0.15) is 11.4 Å². The van der Waals surface area contributed by atoms with E-state index in [1.165, 1.54) is 6.07 Å². The molecule has 0 saturated carbocycles. The molecule has 4 rings (SSSR count). The van der Waals surface area contributed by atoms with Crippen LogP contribution < -0.4 is 10.6 Å². The number of fused-ring (bicyclic) bond motifs is 1. The molecule has 1 unspecified atom stereocenters. The minimum absolute atomic E-state index is 0.00157. The van der Waals surface area contributed by atoms with Crippen LogP contribution in [0, 0.1) is 0 Å². The Morgan fingerprint density at radius 2 is 1.90 bits per heavy atom. The molecule has 3 aromatic rings. The molecule has 9 heteroatoms. The third-order valence-electron chi connectivity index (χ3n) is 4.87. The summed E-state index contributed by atoms with van der Waals surface area (Å²) in [5.41, 5.74) is -0.490. The van der Waals surface area contributed by atoms with Gasteiger partial charge >= 0.3 is 6.18 Å². The fraction of sp³-hybridized carbons (Fsp3) is 0.250. The maximum absolute atomic E-state index is 12.9. The van der Waals surface area contributed by atoms with E-state index >= 15 is 0 Å². The number of halogens is 3. The number of carbonyl (C=O) groups is 1. The molecule has 1 aromatic heterocycles. The number of hydrogen-bond acceptors (Lipinski definition) is 5. The topological polar surface area (TPSA) is 87.1 Å². The maximum Gasteiger partial charge on any atom is 0.416 e. The summed E-state index contributed by atoms with van der Waals surface area (Å²) in [4.78, 5) is 11.3. The molecule has 0 radical (unpaired) electrons. The Balaban J connectivity index is 1.69. The molecule has 150 valence electrons. The molecule has 1 aliphatic heterocycles. The van der Waals surface area contributed by atoms with Crippen LogP contribution in [0.3, 0.4) is 0 Å².